The average molecular weight is 267 g/mol. The third kappa shape index (κ3) is 4.24. The van der Waals surface area contributed by atoms with Gasteiger partial charge in [0.1, 0.15) is 5.56 Å². The molecule has 0 unspecified atom stereocenters. The van der Waals surface area contributed by atoms with E-state index in [0.29, 0.717) is 13.0 Å². The number of hydrogen-bond acceptors (Lipinski definition) is 4. The van der Waals surface area contributed by atoms with Gasteiger partial charge in [-0.3, -0.25) is 10.1 Å². The molecule has 1 rings (SSSR count). The molecule has 0 saturated carbocycles. The van der Waals surface area contributed by atoms with Gasteiger partial charge in [0.05, 0.1) is 11.5 Å². The average Bonchev–Trinajstić information content (AvgIpc) is 2.26. The molecule has 0 amide bonds. The predicted molar refractivity (Wildman–Crippen MR) is 69.6 cm³/mol. The lowest BCUT2D eigenvalue weighted by Crippen LogP contribution is -2.12. The third-order valence-corrected chi connectivity index (χ3v) is 2.52. The molecule has 0 saturated heterocycles. The Hall–Kier alpha value is -2.11. The molecule has 0 spiro atoms. The zero-order valence-corrected chi connectivity index (χ0v) is 11.2. The van der Waals surface area contributed by atoms with Crippen molar-refractivity contribution < 1.29 is 19.6 Å². The molecule has 1 aromatic carbocycles. The monoisotopic (exact) mass is 267 g/mol. The van der Waals surface area contributed by atoms with E-state index >= 15 is 0 Å². The zero-order chi connectivity index (χ0) is 14.6. The van der Waals surface area contributed by atoms with Crippen LogP contribution >= 0.6 is 0 Å². The molecule has 0 bridgehead atoms. The van der Waals surface area contributed by atoms with Crippen molar-refractivity contribution in [2.45, 2.75) is 27.2 Å². The highest BCUT2D eigenvalue weighted by Gasteiger charge is 2.25. The predicted octanol–water partition coefficient (Wildman–Crippen LogP) is 3.11. The molecule has 6 heteroatoms. The molecule has 0 atom stereocenters. The van der Waals surface area contributed by atoms with Crippen molar-refractivity contribution in [1.29, 1.82) is 0 Å². The first-order valence-electron chi connectivity index (χ1n) is 5.86. The molecule has 0 aliphatic heterocycles. The molecule has 19 heavy (non-hydrogen) atoms. The van der Waals surface area contributed by atoms with Crippen molar-refractivity contribution >= 4 is 11.7 Å². The second-order valence-corrected chi connectivity index (χ2v) is 5.37. The minimum atomic E-state index is -1.34. The number of rotatable bonds is 5. The molecule has 0 aromatic heterocycles. The highest BCUT2D eigenvalue weighted by atomic mass is 16.6. The van der Waals surface area contributed by atoms with Crippen LogP contribution in [0.2, 0.25) is 0 Å². The molecule has 0 fully saturated rings. The van der Waals surface area contributed by atoms with E-state index in [4.69, 9.17) is 9.84 Å². The highest BCUT2D eigenvalue weighted by molar-refractivity contribution is 5.93. The fraction of sp³-hybridized carbons (Fsp3) is 0.462. The first kappa shape index (κ1) is 14.9. The Morgan fingerprint density at radius 3 is 2.53 bits per heavy atom. The Kier molecular flexibility index (Phi) is 4.47. The second-order valence-electron chi connectivity index (χ2n) is 5.37. The summed E-state index contributed by atoms with van der Waals surface area (Å²) in [5.74, 6) is -1.35. The highest BCUT2D eigenvalue weighted by Crippen LogP contribution is 2.31. The fourth-order valence-corrected chi connectivity index (χ4v) is 1.47. The molecular weight excluding hydrogens is 250 g/mol. The molecule has 1 aromatic rings. The Bertz CT molecular complexity index is 490. The summed E-state index contributed by atoms with van der Waals surface area (Å²) in [7, 11) is 0. The third-order valence-electron chi connectivity index (χ3n) is 2.52. The number of hydrogen-bond donors (Lipinski definition) is 1. The first-order valence-corrected chi connectivity index (χ1v) is 5.86. The SMILES string of the molecule is CC(C)(C)CCOc1cccc(C(=O)O)c1[N+](=O)[O-]. The Morgan fingerprint density at radius 1 is 1.42 bits per heavy atom. The summed E-state index contributed by atoms with van der Waals surface area (Å²) < 4.78 is 5.36. The number of carboxylic acid groups (broad SMARTS) is 1. The Balaban J connectivity index is 2.98. The van der Waals surface area contributed by atoms with E-state index in [1.54, 1.807) is 0 Å². The molecule has 0 heterocycles. The Labute approximate surface area is 111 Å². The van der Waals surface area contributed by atoms with Gasteiger partial charge in [-0.2, -0.15) is 0 Å². The molecule has 0 radical (unpaired) electrons. The maximum Gasteiger partial charge on any atom is 0.342 e. The van der Waals surface area contributed by atoms with E-state index in [2.05, 4.69) is 0 Å². The van der Waals surface area contributed by atoms with Crippen LogP contribution in [0.4, 0.5) is 5.69 Å². The van der Waals surface area contributed by atoms with Crippen LogP contribution in [-0.4, -0.2) is 22.6 Å². The van der Waals surface area contributed by atoms with Crippen molar-refractivity contribution in [2.24, 2.45) is 5.41 Å². The second kappa shape index (κ2) is 5.69. The molecule has 6 nitrogen and oxygen atoms in total. The minimum absolute atomic E-state index is 0.00542. The van der Waals surface area contributed by atoms with Gasteiger partial charge >= 0.3 is 11.7 Å². The van der Waals surface area contributed by atoms with Gasteiger partial charge in [-0.25, -0.2) is 4.79 Å². The van der Waals surface area contributed by atoms with Gasteiger partial charge in [-0.1, -0.05) is 26.8 Å². The van der Waals surface area contributed by atoms with Crippen LogP contribution in [0.5, 0.6) is 5.75 Å². The number of benzene rings is 1. The van der Waals surface area contributed by atoms with Crippen LogP contribution in [-0.2, 0) is 0 Å². The summed E-state index contributed by atoms with van der Waals surface area (Å²) in [6.45, 7) is 6.38. The maximum atomic E-state index is 11.0. The van der Waals surface area contributed by atoms with Gasteiger partial charge in [0.2, 0.25) is 0 Å². The zero-order valence-electron chi connectivity index (χ0n) is 11.2. The van der Waals surface area contributed by atoms with Gasteiger partial charge < -0.3 is 9.84 Å². The summed E-state index contributed by atoms with van der Waals surface area (Å²) in [4.78, 5) is 21.2. The minimum Gasteiger partial charge on any atom is -0.487 e. The van der Waals surface area contributed by atoms with Crippen LogP contribution < -0.4 is 4.74 Å². The van der Waals surface area contributed by atoms with Crippen LogP contribution in [0.3, 0.4) is 0 Å². The van der Waals surface area contributed by atoms with E-state index < -0.39 is 16.6 Å². The normalized spacial score (nSPS) is 11.1. The summed E-state index contributed by atoms with van der Waals surface area (Å²) >= 11 is 0. The van der Waals surface area contributed by atoms with Crippen molar-refractivity contribution in [2.75, 3.05) is 6.61 Å². The van der Waals surface area contributed by atoms with E-state index in [0.717, 1.165) is 0 Å². The number of nitro groups is 1. The number of aromatic carboxylic acids is 1. The number of nitrogens with zero attached hydrogens (tertiary/aromatic N) is 1. The summed E-state index contributed by atoms with van der Waals surface area (Å²) in [6.07, 6.45) is 0.710. The quantitative estimate of drug-likeness (QED) is 0.654. The van der Waals surface area contributed by atoms with Gasteiger partial charge in [0.25, 0.3) is 0 Å². The van der Waals surface area contributed by atoms with Crippen LogP contribution in [0.15, 0.2) is 18.2 Å². The van der Waals surface area contributed by atoms with Gasteiger partial charge in [0, 0.05) is 0 Å². The summed E-state index contributed by atoms with van der Waals surface area (Å²) in [5, 5.41) is 19.9. The van der Waals surface area contributed by atoms with E-state index in [-0.39, 0.29) is 16.7 Å². The van der Waals surface area contributed by atoms with Crippen LogP contribution in [0.1, 0.15) is 37.6 Å². The van der Waals surface area contributed by atoms with Crippen molar-refractivity contribution in [1.82, 2.24) is 0 Å². The molecule has 0 aliphatic rings. The topological polar surface area (TPSA) is 89.7 Å². The van der Waals surface area contributed by atoms with Crippen LogP contribution in [0, 0.1) is 15.5 Å². The smallest absolute Gasteiger partial charge is 0.342 e. The number of carboxylic acids is 1. The van der Waals surface area contributed by atoms with Gasteiger partial charge in [-0.05, 0) is 24.0 Å². The number of para-hydroxylation sites is 1. The fourth-order valence-electron chi connectivity index (χ4n) is 1.47. The van der Waals surface area contributed by atoms with Crippen LogP contribution in [0.25, 0.3) is 0 Å². The first-order chi connectivity index (χ1) is 8.72. The van der Waals surface area contributed by atoms with Crippen molar-refractivity contribution in [3.8, 4) is 5.75 Å². The largest absolute Gasteiger partial charge is 0.487 e. The number of carbonyl (C=O) groups is 1. The lowest BCUT2D eigenvalue weighted by molar-refractivity contribution is -0.386. The lowest BCUT2D eigenvalue weighted by Gasteiger charge is -2.18. The molecular formula is C13H17NO5. The molecule has 1 N–H and O–H groups in total. The standard InChI is InChI=1S/C13H17NO5/c1-13(2,3)7-8-19-10-6-4-5-9(12(15)16)11(10)14(17)18/h4-6H,7-8H2,1-3H3,(H,15,16). The van der Waals surface area contributed by atoms with E-state index in [1.807, 2.05) is 20.8 Å². The van der Waals surface area contributed by atoms with Gasteiger partial charge in [0.15, 0.2) is 5.75 Å². The van der Waals surface area contributed by atoms with E-state index in [1.165, 1.54) is 18.2 Å². The number of ether oxygens (including phenoxy) is 1. The Morgan fingerprint density at radius 2 is 2.05 bits per heavy atom. The summed E-state index contributed by atoms with van der Waals surface area (Å²) in [6, 6.07) is 4.03. The van der Waals surface area contributed by atoms with Gasteiger partial charge in [-0.15, -0.1) is 0 Å². The van der Waals surface area contributed by atoms with Crippen molar-refractivity contribution in [3.63, 3.8) is 0 Å². The lowest BCUT2D eigenvalue weighted by atomic mass is 9.93. The maximum absolute atomic E-state index is 11.0. The van der Waals surface area contributed by atoms with Crippen molar-refractivity contribution in [3.05, 3.63) is 33.9 Å². The number of nitro benzene ring substituents is 1. The summed E-state index contributed by atoms with van der Waals surface area (Å²) in [5.41, 5.74) is -0.818. The van der Waals surface area contributed by atoms with E-state index in [9.17, 15) is 14.9 Å². The molecule has 0 aliphatic carbocycles. The molecule has 104 valence electrons.